The van der Waals surface area contributed by atoms with Crippen molar-refractivity contribution in [1.29, 1.82) is 0 Å². The Labute approximate surface area is 191 Å². The lowest BCUT2D eigenvalue weighted by molar-refractivity contribution is 0.220. The molecule has 0 fully saturated rings. The number of rotatable bonds is 10. The summed E-state index contributed by atoms with van der Waals surface area (Å²) in [6.45, 7) is 6.91. The minimum atomic E-state index is 0. The summed E-state index contributed by atoms with van der Waals surface area (Å²) >= 11 is 0. The van der Waals surface area contributed by atoms with E-state index in [9.17, 15) is 0 Å². The zero-order chi connectivity index (χ0) is 20.4. The van der Waals surface area contributed by atoms with Crippen LogP contribution in [0.15, 0.2) is 53.5 Å². The van der Waals surface area contributed by atoms with Gasteiger partial charge in [0, 0.05) is 12.1 Å². The normalized spacial score (nSPS) is 12.2. The molecule has 3 N–H and O–H groups in total. The first-order valence-corrected chi connectivity index (χ1v) is 9.68. The third kappa shape index (κ3) is 7.74. The van der Waals surface area contributed by atoms with Gasteiger partial charge in [0.25, 0.3) is 0 Å². The molecular formula is C22H33IN4O2. The van der Waals surface area contributed by atoms with Crippen molar-refractivity contribution in [3.05, 3.63) is 54.1 Å². The number of nitrogens with one attached hydrogen (secondary N) is 1. The highest BCUT2D eigenvalue weighted by molar-refractivity contribution is 14.0. The number of aliphatic imine (C=N–C) groups is 1. The Balaban J connectivity index is 0.00000420. The predicted octanol–water partition coefficient (Wildman–Crippen LogP) is 4.00. The third-order valence-electron chi connectivity index (χ3n) is 4.78. The molecule has 1 unspecified atom stereocenters. The molecule has 7 heteroatoms. The van der Waals surface area contributed by atoms with E-state index in [4.69, 9.17) is 15.2 Å². The smallest absolute Gasteiger partial charge is 0.193 e. The van der Waals surface area contributed by atoms with Gasteiger partial charge in [-0.1, -0.05) is 44.2 Å². The van der Waals surface area contributed by atoms with Crippen LogP contribution in [-0.4, -0.2) is 50.8 Å². The van der Waals surface area contributed by atoms with E-state index >= 15 is 0 Å². The Morgan fingerprint density at radius 2 is 1.76 bits per heavy atom. The first-order valence-electron chi connectivity index (χ1n) is 9.68. The Hall–Kier alpha value is -2.00. The second kappa shape index (κ2) is 13.3. The van der Waals surface area contributed by atoms with E-state index < -0.39 is 0 Å². The molecule has 0 saturated heterocycles. The number of nitrogens with zero attached hydrogens (tertiary/aromatic N) is 2. The number of ether oxygens (including phenoxy) is 2. The zero-order valence-electron chi connectivity index (χ0n) is 17.7. The maximum atomic E-state index is 6.17. The molecule has 0 saturated carbocycles. The molecule has 0 heterocycles. The second-order valence-electron chi connectivity index (χ2n) is 6.48. The van der Waals surface area contributed by atoms with Gasteiger partial charge in [-0.05, 0) is 37.2 Å². The highest BCUT2D eigenvalue weighted by atomic mass is 127. The molecule has 0 spiro atoms. The largest absolute Gasteiger partial charge is 0.497 e. The lowest BCUT2D eigenvalue weighted by Gasteiger charge is -2.28. The molecule has 0 aliphatic carbocycles. The van der Waals surface area contributed by atoms with E-state index in [1.807, 2.05) is 24.3 Å². The van der Waals surface area contributed by atoms with Crippen LogP contribution in [0.5, 0.6) is 11.5 Å². The maximum Gasteiger partial charge on any atom is 0.193 e. The van der Waals surface area contributed by atoms with Crippen molar-refractivity contribution < 1.29 is 9.47 Å². The van der Waals surface area contributed by atoms with Crippen LogP contribution >= 0.6 is 24.0 Å². The highest BCUT2D eigenvalue weighted by Crippen LogP contribution is 2.28. The number of guanidine groups is 1. The first kappa shape index (κ1) is 25.0. The average molecular weight is 512 g/mol. The molecule has 2 rings (SSSR count). The number of anilines is 1. The first-order chi connectivity index (χ1) is 13.6. The van der Waals surface area contributed by atoms with Crippen LogP contribution in [0.4, 0.5) is 5.69 Å². The Morgan fingerprint density at radius 1 is 1.07 bits per heavy atom. The van der Waals surface area contributed by atoms with Crippen LogP contribution in [0.3, 0.4) is 0 Å². The molecule has 2 aromatic carbocycles. The molecule has 2 aromatic rings. The quantitative estimate of drug-likeness (QED) is 0.286. The van der Waals surface area contributed by atoms with Gasteiger partial charge in [-0.15, -0.1) is 24.0 Å². The minimum absolute atomic E-state index is 0. The fraction of sp³-hybridized carbons (Fsp3) is 0.409. The van der Waals surface area contributed by atoms with Crippen LogP contribution in [0.1, 0.15) is 19.4 Å². The van der Waals surface area contributed by atoms with Gasteiger partial charge < -0.3 is 20.5 Å². The molecule has 1 atom stereocenters. The predicted molar refractivity (Wildman–Crippen MR) is 132 cm³/mol. The Bertz CT molecular complexity index is 752. The van der Waals surface area contributed by atoms with Gasteiger partial charge in [-0.25, -0.2) is 0 Å². The van der Waals surface area contributed by atoms with Crippen molar-refractivity contribution in [2.45, 2.75) is 26.3 Å². The molecule has 0 amide bonds. The molecule has 0 radical (unpaired) electrons. The van der Waals surface area contributed by atoms with E-state index in [1.165, 1.54) is 5.56 Å². The zero-order valence-corrected chi connectivity index (χ0v) is 20.1. The summed E-state index contributed by atoms with van der Waals surface area (Å²) in [6, 6.07) is 16.3. The maximum absolute atomic E-state index is 6.17. The summed E-state index contributed by atoms with van der Waals surface area (Å²) in [5.74, 6) is 1.77. The minimum Gasteiger partial charge on any atom is -0.497 e. The molecule has 0 aromatic heterocycles. The number of hydrogen-bond donors (Lipinski definition) is 2. The van der Waals surface area contributed by atoms with Crippen molar-refractivity contribution >= 4 is 35.6 Å². The van der Waals surface area contributed by atoms with Gasteiger partial charge >= 0.3 is 0 Å². The van der Waals surface area contributed by atoms with E-state index in [1.54, 1.807) is 14.2 Å². The average Bonchev–Trinajstić information content (AvgIpc) is 2.73. The summed E-state index contributed by atoms with van der Waals surface area (Å²) in [7, 11) is 3.25. The Kier molecular flexibility index (Phi) is 11.5. The summed E-state index contributed by atoms with van der Waals surface area (Å²) in [6.07, 6.45) is 0.932. The van der Waals surface area contributed by atoms with Gasteiger partial charge in [0.05, 0.1) is 26.5 Å². The second-order valence-corrected chi connectivity index (χ2v) is 6.48. The van der Waals surface area contributed by atoms with Gasteiger partial charge in [0.1, 0.15) is 11.5 Å². The molecule has 6 nitrogen and oxygen atoms in total. The topological polar surface area (TPSA) is 72.1 Å². The van der Waals surface area contributed by atoms with E-state index in [0.717, 1.165) is 30.9 Å². The molecule has 0 aliphatic rings. The van der Waals surface area contributed by atoms with Crippen molar-refractivity contribution in [3.63, 3.8) is 0 Å². The van der Waals surface area contributed by atoms with Gasteiger partial charge in [0.15, 0.2) is 5.96 Å². The van der Waals surface area contributed by atoms with Crippen molar-refractivity contribution in [2.24, 2.45) is 10.7 Å². The monoisotopic (exact) mass is 512 g/mol. The summed E-state index contributed by atoms with van der Waals surface area (Å²) in [5, 5.41) is 3.13. The standard InChI is InChI=1S/C22H32N4O2.HI/c1-5-26(6-2)18(14-17-10-8-7-9-11-17)16-24-22(23)25-20-15-19(27-3)12-13-21(20)28-4;/h7-13,15,18H,5-6,14,16H2,1-4H3,(H3,23,24,25);1H. The summed E-state index contributed by atoms with van der Waals surface area (Å²) < 4.78 is 10.7. The number of methoxy groups -OCH3 is 2. The molecular weight excluding hydrogens is 479 g/mol. The van der Waals surface area contributed by atoms with Gasteiger partial charge in [-0.2, -0.15) is 0 Å². The number of benzene rings is 2. The molecule has 160 valence electrons. The van der Waals surface area contributed by atoms with E-state index in [2.05, 4.69) is 53.3 Å². The fourth-order valence-corrected chi connectivity index (χ4v) is 3.23. The van der Waals surface area contributed by atoms with Crippen molar-refractivity contribution in [3.8, 4) is 11.5 Å². The van der Waals surface area contributed by atoms with Crippen LogP contribution in [0.2, 0.25) is 0 Å². The molecule has 0 bridgehead atoms. The fourth-order valence-electron chi connectivity index (χ4n) is 3.23. The van der Waals surface area contributed by atoms with Crippen molar-refractivity contribution in [2.75, 3.05) is 39.2 Å². The van der Waals surface area contributed by atoms with Crippen LogP contribution in [0.25, 0.3) is 0 Å². The lowest BCUT2D eigenvalue weighted by atomic mass is 10.0. The highest BCUT2D eigenvalue weighted by Gasteiger charge is 2.16. The van der Waals surface area contributed by atoms with Crippen molar-refractivity contribution in [1.82, 2.24) is 4.90 Å². The summed E-state index contributed by atoms with van der Waals surface area (Å²) in [5.41, 5.74) is 8.20. The van der Waals surface area contributed by atoms with Crippen LogP contribution in [0, 0.1) is 0 Å². The van der Waals surface area contributed by atoms with Crippen LogP contribution in [-0.2, 0) is 6.42 Å². The molecule has 0 aliphatic heterocycles. The number of likely N-dealkylation sites (N-methyl/N-ethyl adjacent to an activating group) is 1. The Morgan fingerprint density at radius 3 is 2.34 bits per heavy atom. The SMILES string of the molecule is CCN(CC)C(CN=C(N)Nc1cc(OC)ccc1OC)Cc1ccccc1.I. The van der Waals surface area contributed by atoms with Crippen LogP contribution < -0.4 is 20.5 Å². The number of halogens is 1. The van der Waals surface area contributed by atoms with Gasteiger partial charge in [-0.3, -0.25) is 9.89 Å². The lowest BCUT2D eigenvalue weighted by Crippen LogP contribution is -2.39. The third-order valence-corrected chi connectivity index (χ3v) is 4.78. The summed E-state index contributed by atoms with van der Waals surface area (Å²) in [4.78, 5) is 7.02. The van der Waals surface area contributed by atoms with E-state index in [0.29, 0.717) is 18.3 Å². The van der Waals surface area contributed by atoms with E-state index in [-0.39, 0.29) is 30.0 Å². The molecule has 29 heavy (non-hydrogen) atoms. The van der Waals surface area contributed by atoms with Gasteiger partial charge in [0.2, 0.25) is 0 Å². The number of nitrogens with two attached hydrogens (primary N) is 1. The number of hydrogen-bond acceptors (Lipinski definition) is 4.